The number of benzene rings is 1. The summed E-state index contributed by atoms with van der Waals surface area (Å²) in [6.07, 6.45) is 3.83. The first-order valence-corrected chi connectivity index (χ1v) is 10.5. The molecule has 1 aromatic carbocycles. The highest BCUT2D eigenvalue weighted by molar-refractivity contribution is 5.98. The second-order valence-corrected chi connectivity index (χ2v) is 8.03. The van der Waals surface area contributed by atoms with Gasteiger partial charge in [-0.05, 0) is 56.2 Å². The van der Waals surface area contributed by atoms with Crippen molar-refractivity contribution in [3.8, 4) is 0 Å². The number of hydrogen-bond acceptors (Lipinski definition) is 4. The quantitative estimate of drug-likeness (QED) is 0.466. The number of amides is 1. The lowest BCUT2D eigenvalue weighted by atomic mass is 9.84. The van der Waals surface area contributed by atoms with Gasteiger partial charge in [0.25, 0.3) is 18.1 Å². The molecule has 1 saturated carbocycles. The zero-order valence-corrected chi connectivity index (χ0v) is 17.7. The van der Waals surface area contributed by atoms with E-state index in [4.69, 9.17) is 0 Å². The molecular weight excluding hydrogens is 414 g/mol. The van der Waals surface area contributed by atoms with E-state index in [9.17, 15) is 13.6 Å². The molecule has 4 aromatic rings. The van der Waals surface area contributed by atoms with Crippen LogP contribution in [0, 0.1) is 0 Å². The predicted octanol–water partition coefficient (Wildman–Crippen LogP) is 4.35. The van der Waals surface area contributed by atoms with E-state index in [1.54, 1.807) is 4.90 Å². The number of rotatable bonds is 5. The zero-order chi connectivity index (χ0) is 22.4. The Hall–Kier alpha value is -3.62. The Labute approximate surface area is 183 Å². The van der Waals surface area contributed by atoms with Crippen molar-refractivity contribution in [1.29, 1.82) is 0 Å². The summed E-state index contributed by atoms with van der Waals surface area (Å²) in [5, 5.41) is 5.12. The maximum Gasteiger partial charge on any atom is 0.280 e. The highest BCUT2D eigenvalue weighted by atomic mass is 19.3. The van der Waals surface area contributed by atoms with Crippen LogP contribution in [0.25, 0.3) is 22.8 Å². The summed E-state index contributed by atoms with van der Waals surface area (Å²) in [5.41, 5.74) is 3.02. The predicted molar refractivity (Wildman–Crippen MR) is 116 cm³/mol. The van der Waals surface area contributed by atoms with Crippen LogP contribution in [-0.4, -0.2) is 48.0 Å². The minimum atomic E-state index is -2.68. The molecule has 0 unspecified atom stereocenters. The van der Waals surface area contributed by atoms with Crippen LogP contribution in [-0.2, 0) is 6.54 Å². The van der Waals surface area contributed by atoms with Gasteiger partial charge in [-0.2, -0.15) is 14.6 Å². The number of nitrogens with zero attached hydrogens (tertiary/aromatic N) is 6. The van der Waals surface area contributed by atoms with Gasteiger partial charge in [0.2, 0.25) is 0 Å². The van der Waals surface area contributed by atoms with E-state index >= 15 is 0 Å². The molecule has 164 valence electrons. The lowest BCUT2D eigenvalue weighted by Crippen LogP contribution is -2.42. The summed E-state index contributed by atoms with van der Waals surface area (Å²) in [6, 6.07) is 9.20. The largest absolute Gasteiger partial charge is 0.348 e. The van der Waals surface area contributed by atoms with Gasteiger partial charge in [-0.15, -0.1) is 0 Å². The fourth-order valence-corrected chi connectivity index (χ4v) is 4.19. The van der Waals surface area contributed by atoms with Gasteiger partial charge >= 0.3 is 0 Å². The molecular formula is C23H22F2N6O. The molecule has 3 heterocycles. The Morgan fingerprint density at radius 1 is 1.28 bits per heavy atom. The minimum absolute atomic E-state index is 0.0252. The van der Waals surface area contributed by atoms with Crippen LogP contribution in [0.2, 0.25) is 0 Å². The van der Waals surface area contributed by atoms with Gasteiger partial charge in [-0.1, -0.05) is 5.57 Å². The molecule has 0 radical (unpaired) electrons. The molecule has 0 atom stereocenters. The molecule has 9 heteroatoms. The van der Waals surface area contributed by atoms with Crippen LogP contribution < -0.4 is 0 Å². The van der Waals surface area contributed by atoms with Crippen LogP contribution in [0.15, 0.2) is 48.4 Å². The van der Waals surface area contributed by atoms with Crippen LogP contribution in [0.1, 0.15) is 47.9 Å². The maximum atomic E-state index is 13.2. The molecule has 0 bridgehead atoms. The molecule has 1 aliphatic rings. The summed E-state index contributed by atoms with van der Waals surface area (Å²) >= 11 is 0. The molecule has 1 aliphatic carbocycles. The normalized spacial score (nSPS) is 16.0. The van der Waals surface area contributed by atoms with E-state index < -0.39 is 6.43 Å². The van der Waals surface area contributed by atoms with Crippen molar-refractivity contribution in [3.63, 3.8) is 0 Å². The fraction of sp³-hybridized carbons (Fsp3) is 0.304. The first-order chi connectivity index (χ1) is 15.4. The van der Waals surface area contributed by atoms with Gasteiger partial charge in [0.1, 0.15) is 12.0 Å². The van der Waals surface area contributed by atoms with Crippen molar-refractivity contribution < 1.29 is 13.6 Å². The number of aromatic nitrogens is 5. The fourth-order valence-electron chi connectivity index (χ4n) is 4.19. The van der Waals surface area contributed by atoms with Crippen molar-refractivity contribution in [1.82, 2.24) is 29.0 Å². The third kappa shape index (κ3) is 3.43. The topological polar surface area (TPSA) is 68.3 Å². The smallest absolute Gasteiger partial charge is 0.280 e. The molecule has 7 nitrogen and oxygen atoms in total. The van der Waals surface area contributed by atoms with Crippen molar-refractivity contribution >= 4 is 28.7 Å². The number of carbonyl (C=O) groups is 1. The van der Waals surface area contributed by atoms with Crippen LogP contribution in [0.5, 0.6) is 0 Å². The second-order valence-electron chi connectivity index (χ2n) is 8.03. The Balaban J connectivity index is 1.32. The Morgan fingerprint density at radius 3 is 2.84 bits per heavy atom. The minimum Gasteiger partial charge on any atom is -0.348 e. The van der Waals surface area contributed by atoms with Gasteiger partial charge in [0.15, 0.2) is 0 Å². The molecule has 1 amide bonds. The average Bonchev–Trinajstić information content (AvgIpc) is 3.40. The number of alkyl halides is 2. The molecule has 0 aliphatic heterocycles. The van der Waals surface area contributed by atoms with Gasteiger partial charge < -0.3 is 9.47 Å². The van der Waals surface area contributed by atoms with E-state index in [0.717, 1.165) is 23.0 Å². The van der Waals surface area contributed by atoms with E-state index in [-0.39, 0.29) is 23.4 Å². The Kier molecular flexibility index (Phi) is 4.96. The lowest BCUT2D eigenvalue weighted by molar-refractivity contribution is 0.0699. The Morgan fingerprint density at radius 2 is 2.09 bits per heavy atom. The van der Waals surface area contributed by atoms with Gasteiger partial charge in [-0.25, -0.2) is 13.8 Å². The SMILES string of the molecule is CCn1ccc2cc(C(=O)N(C)C3CC(=Cc4cc(C(F)F)nc5ncnn45)C3)ccc21. The summed E-state index contributed by atoms with van der Waals surface area (Å²) in [5.74, 6) is 0.118. The summed E-state index contributed by atoms with van der Waals surface area (Å²) in [6.45, 7) is 2.97. The first-order valence-electron chi connectivity index (χ1n) is 10.5. The van der Waals surface area contributed by atoms with Gasteiger partial charge in [-0.3, -0.25) is 4.79 Å². The Bertz CT molecular complexity index is 1350. The number of halogens is 2. The number of aryl methyl sites for hydroxylation is 1. The third-order valence-electron chi connectivity index (χ3n) is 6.10. The molecule has 5 rings (SSSR count). The van der Waals surface area contributed by atoms with Gasteiger partial charge in [0.05, 0.1) is 5.69 Å². The second kappa shape index (κ2) is 7.81. The molecule has 0 N–H and O–H groups in total. The maximum absolute atomic E-state index is 13.2. The first kappa shape index (κ1) is 20.3. The van der Waals surface area contributed by atoms with E-state index in [1.165, 1.54) is 16.9 Å². The monoisotopic (exact) mass is 436 g/mol. The lowest BCUT2D eigenvalue weighted by Gasteiger charge is -2.37. The highest BCUT2D eigenvalue weighted by Crippen LogP contribution is 2.33. The number of carbonyl (C=O) groups excluding carboxylic acids is 1. The summed E-state index contributed by atoms with van der Waals surface area (Å²) in [7, 11) is 1.81. The van der Waals surface area contributed by atoms with Crippen LogP contribution in [0.3, 0.4) is 0 Å². The van der Waals surface area contributed by atoms with E-state index in [1.807, 2.05) is 43.6 Å². The molecule has 3 aromatic heterocycles. The third-order valence-corrected chi connectivity index (χ3v) is 6.10. The number of hydrogen-bond donors (Lipinski definition) is 0. The van der Waals surface area contributed by atoms with Gasteiger partial charge in [0, 0.05) is 42.3 Å². The molecule has 1 fully saturated rings. The van der Waals surface area contributed by atoms with E-state index in [2.05, 4.69) is 26.6 Å². The van der Waals surface area contributed by atoms with Crippen LogP contribution >= 0.6 is 0 Å². The number of fused-ring (bicyclic) bond motifs is 2. The highest BCUT2D eigenvalue weighted by Gasteiger charge is 2.30. The van der Waals surface area contributed by atoms with Crippen molar-refractivity contribution in [2.45, 2.75) is 38.8 Å². The van der Waals surface area contributed by atoms with E-state index in [0.29, 0.717) is 24.1 Å². The van der Waals surface area contributed by atoms with Crippen LogP contribution in [0.4, 0.5) is 8.78 Å². The van der Waals surface area contributed by atoms with Crippen molar-refractivity contribution in [3.05, 3.63) is 65.4 Å². The zero-order valence-electron chi connectivity index (χ0n) is 17.7. The summed E-state index contributed by atoms with van der Waals surface area (Å²) < 4.78 is 29.9. The van der Waals surface area contributed by atoms with Crippen molar-refractivity contribution in [2.75, 3.05) is 7.05 Å². The standard InChI is InChI=1S/C23H22F2N6O/c1-3-30-7-6-15-11-16(4-5-20(15)30)22(32)29(2)17-8-14(9-17)10-18-12-19(21(24)25)28-23-26-13-27-31(18)23/h4-7,10-13,17,21H,3,8-9H2,1-2H3. The molecule has 32 heavy (non-hydrogen) atoms. The summed E-state index contributed by atoms with van der Waals surface area (Å²) in [4.78, 5) is 22.5. The molecule has 0 saturated heterocycles. The molecule has 0 spiro atoms. The van der Waals surface area contributed by atoms with Crippen molar-refractivity contribution in [2.24, 2.45) is 0 Å². The average molecular weight is 436 g/mol.